The van der Waals surface area contributed by atoms with Crippen molar-refractivity contribution in [3.8, 4) is 0 Å². The zero-order valence-electron chi connectivity index (χ0n) is 15.1. The Labute approximate surface area is 148 Å². The molecule has 0 spiro atoms. The number of benzene rings is 2. The molecule has 2 unspecified atom stereocenters. The predicted molar refractivity (Wildman–Crippen MR) is 101 cm³/mol. The molecule has 0 heterocycles. The summed E-state index contributed by atoms with van der Waals surface area (Å²) in [5.74, 6) is -0.642. The number of amides is 2. The second kappa shape index (κ2) is 6.71. The summed E-state index contributed by atoms with van der Waals surface area (Å²) in [6, 6.07) is 11.9. The number of hydrogen-bond acceptors (Lipinski definition) is 2. The lowest BCUT2D eigenvalue weighted by Gasteiger charge is -2.10. The molecule has 0 aliphatic heterocycles. The largest absolute Gasteiger partial charge is 0.326 e. The SMILES string of the molecule is Cc1cc(C)cc(NC(=O)C2CC2C(=O)Nc2ccc(C)cc2C)c1. The van der Waals surface area contributed by atoms with Crippen LogP contribution in [-0.2, 0) is 9.59 Å². The van der Waals surface area contributed by atoms with Crippen molar-refractivity contribution < 1.29 is 9.59 Å². The van der Waals surface area contributed by atoms with Gasteiger partial charge in [0, 0.05) is 11.4 Å². The molecule has 1 aliphatic rings. The summed E-state index contributed by atoms with van der Waals surface area (Å²) >= 11 is 0. The average molecular weight is 336 g/mol. The van der Waals surface area contributed by atoms with Crippen LogP contribution in [0.2, 0.25) is 0 Å². The van der Waals surface area contributed by atoms with Crippen LogP contribution in [0.3, 0.4) is 0 Å². The predicted octanol–water partition coefficient (Wildman–Crippen LogP) is 4.13. The van der Waals surface area contributed by atoms with Crippen LogP contribution in [0.5, 0.6) is 0 Å². The van der Waals surface area contributed by atoms with E-state index in [1.165, 1.54) is 0 Å². The third-order valence-electron chi connectivity index (χ3n) is 4.59. The number of anilines is 2. The van der Waals surface area contributed by atoms with Crippen LogP contribution in [0, 0.1) is 39.5 Å². The summed E-state index contributed by atoms with van der Waals surface area (Å²) in [6.07, 6.45) is 0.605. The molecule has 2 atom stereocenters. The van der Waals surface area contributed by atoms with Crippen LogP contribution in [-0.4, -0.2) is 11.8 Å². The van der Waals surface area contributed by atoms with Gasteiger partial charge in [-0.1, -0.05) is 23.8 Å². The first-order valence-corrected chi connectivity index (χ1v) is 8.61. The first kappa shape index (κ1) is 17.2. The minimum Gasteiger partial charge on any atom is -0.326 e. The molecule has 0 bridgehead atoms. The van der Waals surface area contributed by atoms with E-state index in [4.69, 9.17) is 0 Å². The number of carbonyl (C=O) groups is 2. The zero-order valence-corrected chi connectivity index (χ0v) is 15.1. The lowest BCUT2D eigenvalue weighted by Crippen LogP contribution is -2.21. The molecule has 0 radical (unpaired) electrons. The molecule has 1 aliphatic carbocycles. The van der Waals surface area contributed by atoms with Crippen molar-refractivity contribution in [1.29, 1.82) is 0 Å². The van der Waals surface area contributed by atoms with E-state index in [2.05, 4.69) is 16.7 Å². The smallest absolute Gasteiger partial charge is 0.228 e. The second-order valence-corrected chi connectivity index (χ2v) is 7.12. The molecule has 2 N–H and O–H groups in total. The molecule has 1 saturated carbocycles. The van der Waals surface area contributed by atoms with Gasteiger partial charge in [-0.2, -0.15) is 0 Å². The molecule has 1 fully saturated rings. The summed E-state index contributed by atoms with van der Waals surface area (Å²) in [4.78, 5) is 24.8. The Bertz CT molecular complexity index is 822. The van der Waals surface area contributed by atoms with Crippen LogP contribution in [0.25, 0.3) is 0 Å². The Hall–Kier alpha value is -2.62. The van der Waals surface area contributed by atoms with Gasteiger partial charge in [-0.05, 0) is 69.0 Å². The lowest BCUT2D eigenvalue weighted by atomic mass is 10.1. The number of rotatable bonds is 4. The van der Waals surface area contributed by atoms with E-state index < -0.39 is 0 Å². The normalized spacial score (nSPS) is 18.6. The third kappa shape index (κ3) is 4.08. The molecule has 2 amide bonds. The van der Waals surface area contributed by atoms with Crippen molar-refractivity contribution in [3.63, 3.8) is 0 Å². The molecular formula is C21H24N2O2. The lowest BCUT2D eigenvalue weighted by molar-refractivity contribution is -0.122. The van der Waals surface area contributed by atoms with Gasteiger partial charge in [0.2, 0.25) is 11.8 Å². The van der Waals surface area contributed by atoms with Gasteiger partial charge < -0.3 is 10.6 Å². The van der Waals surface area contributed by atoms with Gasteiger partial charge in [-0.25, -0.2) is 0 Å². The highest BCUT2D eigenvalue weighted by molar-refractivity contribution is 6.03. The van der Waals surface area contributed by atoms with Gasteiger partial charge in [0.15, 0.2) is 0 Å². The van der Waals surface area contributed by atoms with Gasteiger partial charge in [0.1, 0.15) is 0 Å². The van der Waals surface area contributed by atoms with Gasteiger partial charge >= 0.3 is 0 Å². The van der Waals surface area contributed by atoms with Crippen LogP contribution < -0.4 is 10.6 Å². The fourth-order valence-corrected chi connectivity index (χ4v) is 3.24. The number of carbonyl (C=O) groups excluding carboxylic acids is 2. The molecule has 2 aromatic carbocycles. The summed E-state index contributed by atoms with van der Waals surface area (Å²) in [5.41, 5.74) is 6.02. The van der Waals surface area contributed by atoms with E-state index in [9.17, 15) is 9.59 Å². The first-order valence-electron chi connectivity index (χ1n) is 8.61. The highest BCUT2D eigenvalue weighted by atomic mass is 16.2. The van der Waals surface area contributed by atoms with Crippen molar-refractivity contribution in [2.24, 2.45) is 11.8 Å². The minimum absolute atomic E-state index is 0.0764. The average Bonchev–Trinajstić information content (AvgIpc) is 3.29. The summed E-state index contributed by atoms with van der Waals surface area (Å²) < 4.78 is 0. The Balaban J connectivity index is 1.59. The van der Waals surface area contributed by atoms with E-state index in [0.29, 0.717) is 6.42 Å². The molecule has 25 heavy (non-hydrogen) atoms. The fraction of sp³-hybridized carbons (Fsp3) is 0.333. The van der Waals surface area contributed by atoms with Gasteiger partial charge in [-0.15, -0.1) is 0 Å². The van der Waals surface area contributed by atoms with Gasteiger partial charge in [0.25, 0.3) is 0 Å². The molecule has 2 aromatic rings. The van der Waals surface area contributed by atoms with Gasteiger partial charge in [-0.3, -0.25) is 9.59 Å². The number of aryl methyl sites for hydroxylation is 4. The van der Waals surface area contributed by atoms with Crippen molar-refractivity contribution in [2.45, 2.75) is 34.1 Å². The molecule has 4 heteroatoms. The molecule has 0 aromatic heterocycles. The monoisotopic (exact) mass is 336 g/mol. The molecule has 130 valence electrons. The summed E-state index contributed by atoms with van der Waals surface area (Å²) in [6.45, 7) is 7.99. The Morgan fingerprint density at radius 3 is 2.00 bits per heavy atom. The Morgan fingerprint density at radius 1 is 0.800 bits per heavy atom. The third-order valence-corrected chi connectivity index (χ3v) is 4.59. The van der Waals surface area contributed by atoms with Crippen molar-refractivity contribution in [2.75, 3.05) is 10.6 Å². The highest BCUT2D eigenvalue weighted by Gasteiger charge is 2.48. The topological polar surface area (TPSA) is 58.2 Å². The maximum atomic E-state index is 12.4. The van der Waals surface area contributed by atoms with Crippen LogP contribution in [0.4, 0.5) is 11.4 Å². The van der Waals surface area contributed by atoms with E-state index in [1.54, 1.807) is 0 Å². The van der Waals surface area contributed by atoms with Crippen LogP contribution in [0.1, 0.15) is 28.7 Å². The molecular weight excluding hydrogens is 312 g/mol. The molecule has 4 nitrogen and oxygen atoms in total. The number of nitrogens with one attached hydrogen (secondary N) is 2. The molecule has 0 saturated heterocycles. The minimum atomic E-state index is -0.244. The van der Waals surface area contributed by atoms with Crippen LogP contribution in [0.15, 0.2) is 36.4 Å². The quantitative estimate of drug-likeness (QED) is 0.882. The van der Waals surface area contributed by atoms with E-state index >= 15 is 0 Å². The van der Waals surface area contributed by atoms with Crippen molar-refractivity contribution in [1.82, 2.24) is 0 Å². The summed E-state index contributed by atoms with van der Waals surface area (Å²) in [5, 5.41) is 5.88. The highest BCUT2D eigenvalue weighted by Crippen LogP contribution is 2.40. The number of hydrogen-bond donors (Lipinski definition) is 2. The fourth-order valence-electron chi connectivity index (χ4n) is 3.24. The Morgan fingerprint density at radius 2 is 1.40 bits per heavy atom. The summed E-state index contributed by atoms with van der Waals surface area (Å²) in [7, 11) is 0. The first-order chi connectivity index (χ1) is 11.8. The maximum Gasteiger partial charge on any atom is 0.228 e. The zero-order chi connectivity index (χ0) is 18.1. The van der Waals surface area contributed by atoms with Gasteiger partial charge in [0.05, 0.1) is 11.8 Å². The van der Waals surface area contributed by atoms with Crippen molar-refractivity contribution >= 4 is 23.2 Å². The van der Waals surface area contributed by atoms with Crippen LogP contribution >= 0.6 is 0 Å². The Kier molecular flexibility index (Phi) is 4.62. The van der Waals surface area contributed by atoms with Crippen molar-refractivity contribution in [3.05, 3.63) is 58.7 Å². The standard InChI is InChI=1S/C21H24N2O2/c1-12-5-6-19(15(4)8-12)23-21(25)18-11-17(18)20(24)22-16-9-13(2)7-14(3)10-16/h5-10,17-18H,11H2,1-4H3,(H,22,24)(H,23,25). The van der Waals surface area contributed by atoms with E-state index in [1.807, 2.05) is 58.0 Å². The van der Waals surface area contributed by atoms with E-state index in [0.717, 1.165) is 33.6 Å². The van der Waals surface area contributed by atoms with E-state index in [-0.39, 0.29) is 23.7 Å². The maximum absolute atomic E-state index is 12.4. The molecule has 3 rings (SSSR count). The second-order valence-electron chi connectivity index (χ2n) is 7.12.